The number of hydrogen-bond acceptors (Lipinski definition) is 5. The summed E-state index contributed by atoms with van der Waals surface area (Å²) in [6, 6.07) is 15.2. The zero-order valence-corrected chi connectivity index (χ0v) is 15.9. The van der Waals surface area contributed by atoms with E-state index in [4.69, 9.17) is 4.42 Å². The molecule has 2 aromatic heterocycles. The first-order valence-electron chi connectivity index (χ1n) is 9.41. The summed E-state index contributed by atoms with van der Waals surface area (Å²) < 4.78 is 5.52. The highest BCUT2D eigenvalue weighted by Crippen LogP contribution is 2.40. The van der Waals surface area contributed by atoms with E-state index in [1.165, 1.54) is 11.2 Å². The summed E-state index contributed by atoms with van der Waals surface area (Å²) in [7, 11) is 0. The maximum absolute atomic E-state index is 12.9. The first-order valence-corrected chi connectivity index (χ1v) is 9.41. The lowest BCUT2D eigenvalue weighted by Crippen LogP contribution is -2.29. The molecule has 1 unspecified atom stereocenters. The van der Waals surface area contributed by atoms with Gasteiger partial charge in [0, 0.05) is 11.8 Å². The van der Waals surface area contributed by atoms with Crippen molar-refractivity contribution in [2.75, 3.05) is 0 Å². The molecule has 1 aliphatic heterocycles. The number of rotatable bonds is 5. The topological polar surface area (TPSA) is 83.6 Å². The number of carbonyl (C=O) groups excluding carboxylic acids is 2. The van der Waals surface area contributed by atoms with Gasteiger partial charge in [-0.2, -0.15) is 0 Å². The number of Topliss-reactive ketones (excluding diaryl/α,β-unsaturated/α-hetero) is 1. The number of hydrogen-bond donors (Lipinski definition) is 1. The van der Waals surface area contributed by atoms with Crippen LogP contribution in [0.4, 0.5) is 0 Å². The molecular formula is C23H20N2O4. The molecule has 3 aromatic rings. The normalized spacial score (nSPS) is 18.4. The van der Waals surface area contributed by atoms with Crippen molar-refractivity contribution in [1.82, 2.24) is 9.88 Å². The lowest BCUT2D eigenvalue weighted by molar-refractivity contribution is -0.140. The number of carbonyl (C=O) groups is 2. The van der Waals surface area contributed by atoms with Crippen LogP contribution < -0.4 is 0 Å². The second-order valence-corrected chi connectivity index (χ2v) is 6.81. The molecule has 1 saturated heterocycles. The molecule has 1 atom stereocenters. The third-order valence-electron chi connectivity index (χ3n) is 5.05. The molecule has 1 aromatic carbocycles. The molecule has 0 saturated carbocycles. The van der Waals surface area contributed by atoms with E-state index in [1.54, 1.807) is 42.6 Å². The van der Waals surface area contributed by atoms with Crippen molar-refractivity contribution >= 4 is 17.4 Å². The van der Waals surface area contributed by atoms with E-state index in [0.717, 1.165) is 12.0 Å². The van der Waals surface area contributed by atoms with E-state index in [1.807, 2.05) is 25.1 Å². The summed E-state index contributed by atoms with van der Waals surface area (Å²) in [5.41, 5.74) is 2.25. The molecule has 6 nitrogen and oxygen atoms in total. The Morgan fingerprint density at radius 3 is 2.52 bits per heavy atom. The molecule has 3 heterocycles. The van der Waals surface area contributed by atoms with Crippen LogP contribution >= 0.6 is 0 Å². The van der Waals surface area contributed by atoms with Crippen LogP contribution in [0.3, 0.4) is 0 Å². The van der Waals surface area contributed by atoms with Gasteiger partial charge in [0.1, 0.15) is 17.6 Å². The van der Waals surface area contributed by atoms with Crippen LogP contribution in [0.5, 0.6) is 0 Å². The Morgan fingerprint density at radius 2 is 1.90 bits per heavy atom. The molecule has 29 heavy (non-hydrogen) atoms. The van der Waals surface area contributed by atoms with Crippen LogP contribution in [0.2, 0.25) is 0 Å². The third kappa shape index (κ3) is 3.45. The van der Waals surface area contributed by atoms with Gasteiger partial charge < -0.3 is 14.4 Å². The maximum Gasteiger partial charge on any atom is 0.296 e. The molecule has 146 valence electrons. The van der Waals surface area contributed by atoms with E-state index in [9.17, 15) is 14.7 Å². The Kier molecular flexibility index (Phi) is 4.99. The zero-order valence-electron chi connectivity index (χ0n) is 15.9. The average Bonchev–Trinajstić information content (AvgIpc) is 3.37. The fraction of sp³-hybridized carbons (Fsp3) is 0.174. The van der Waals surface area contributed by atoms with Crippen LogP contribution in [0.25, 0.3) is 5.76 Å². The van der Waals surface area contributed by atoms with E-state index in [0.29, 0.717) is 17.0 Å². The number of benzene rings is 1. The Labute approximate surface area is 168 Å². The van der Waals surface area contributed by atoms with Crippen molar-refractivity contribution in [3.63, 3.8) is 0 Å². The van der Waals surface area contributed by atoms with Crippen LogP contribution in [-0.4, -0.2) is 26.7 Å². The highest BCUT2D eigenvalue weighted by atomic mass is 16.3. The zero-order chi connectivity index (χ0) is 20.4. The standard InChI is InChI=1S/C23H20N2O4/c1-2-15-8-10-16(11-9-15)21(26)19-20(18-7-5-13-29-18)25(23(28)22(19)27)14-17-6-3-4-12-24-17/h3-13,20,26H,2,14H2,1H3/b21-19-. The number of aromatic nitrogens is 1. The van der Waals surface area contributed by atoms with Crippen molar-refractivity contribution in [2.45, 2.75) is 25.9 Å². The Morgan fingerprint density at radius 1 is 1.10 bits per heavy atom. The molecule has 4 rings (SSSR count). The fourth-order valence-corrected chi connectivity index (χ4v) is 3.51. The molecule has 0 spiro atoms. The number of aliphatic hydroxyl groups excluding tert-OH is 1. The minimum absolute atomic E-state index is 0.0186. The Hall–Kier alpha value is -3.67. The van der Waals surface area contributed by atoms with Gasteiger partial charge in [-0.3, -0.25) is 14.6 Å². The van der Waals surface area contributed by atoms with Gasteiger partial charge in [-0.05, 0) is 36.2 Å². The van der Waals surface area contributed by atoms with Gasteiger partial charge in [-0.1, -0.05) is 37.3 Å². The lowest BCUT2D eigenvalue weighted by Gasteiger charge is -2.22. The van der Waals surface area contributed by atoms with Gasteiger partial charge in [0.25, 0.3) is 11.7 Å². The van der Waals surface area contributed by atoms with Crippen LogP contribution in [0.15, 0.2) is 77.0 Å². The van der Waals surface area contributed by atoms with Gasteiger partial charge in [0.15, 0.2) is 0 Å². The molecule has 1 fully saturated rings. The fourth-order valence-electron chi connectivity index (χ4n) is 3.51. The number of likely N-dealkylation sites (tertiary alicyclic amines) is 1. The van der Waals surface area contributed by atoms with Crippen LogP contribution in [0, 0.1) is 0 Å². The predicted molar refractivity (Wildman–Crippen MR) is 107 cm³/mol. The van der Waals surface area contributed by atoms with Gasteiger partial charge in [0.05, 0.1) is 24.1 Å². The summed E-state index contributed by atoms with van der Waals surface area (Å²) in [5.74, 6) is -1.23. The molecule has 0 bridgehead atoms. The molecule has 6 heteroatoms. The number of furan rings is 1. The largest absolute Gasteiger partial charge is 0.507 e. The van der Waals surface area contributed by atoms with Gasteiger partial charge in [0.2, 0.25) is 0 Å². The van der Waals surface area contributed by atoms with Crippen molar-refractivity contribution in [2.24, 2.45) is 0 Å². The van der Waals surface area contributed by atoms with Crippen LogP contribution in [-0.2, 0) is 22.6 Å². The number of ketones is 1. The summed E-state index contributed by atoms with van der Waals surface area (Å²) >= 11 is 0. The van der Waals surface area contributed by atoms with E-state index >= 15 is 0 Å². The first kappa shape index (κ1) is 18.7. The van der Waals surface area contributed by atoms with E-state index in [2.05, 4.69) is 4.98 Å². The Balaban J connectivity index is 1.81. The number of pyridine rings is 1. The van der Waals surface area contributed by atoms with Gasteiger partial charge in [-0.25, -0.2) is 0 Å². The van der Waals surface area contributed by atoms with E-state index in [-0.39, 0.29) is 17.9 Å². The monoisotopic (exact) mass is 388 g/mol. The Bertz CT molecular complexity index is 1050. The molecule has 1 N–H and O–H groups in total. The minimum atomic E-state index is -0.821. The molecule has 0 radical (unpaired) electrons. The first-order chi connectivity index (χ1) is 14.1. The second kappa shape index (κ2) is 7.75. The summed E-state index contributed by atoms with van der Waals surface area (Å²) in [6.07, 6.45) is 3.97. The van der Waals surface area contributed by atoms with Crippen LogP contribution in [0.1, 0.15) is 35.5 Å². The average molecular weight is 388 g/mol. The third-order valence-corrected chi connectivity index (χ3v) is 5.05. The van der Waals surface area contributed by atoms with Crippen molar-refractivity contribution < 1.29 is 19.1 Å². The van der Waals surface area contributed by atoms with E-state index < -0.39 is 17.7 Å². The highest BCUT2D eigenvalue weighted by Gasteiger charge is 2.47. The van der Waals surface area contributed by atoms with Gasteiger partial charge in [-0.15, -0.1) is 0 Å². The molecule has 1 amide bonds. The molecule has 0 aliphatic carbocycles. The van der Waals surface area contributed by atoms with Crippen molar-refractivity contribution in [3.8, 4) is 0 Å². The quantitative estimate of drug-likeness (QED) is 0.408. The summed E-state index contributed by atoms with van der Waals surface area (Å²) in [6.45, 7) is 2.16. The highest BCUT2D eigenvalue weighted by molar-refractivity contribution is 6.46. The minimum Gasteiger partial charge on any atom is -0.507 e. The summed E-state index contributed by atoms with van der Waals surface area (Å²) in [4.78, 5) is 31.3. The lowest BCUT2D eigenvalue weighted by atomic mass is 9.98. The molecule has 1 aliphatic rings. The number of amides is 1. The predicted octanol–water partition coefficient (Wildman–Crippen LogP) is 3.86. The maximum atomic E-state index is 12.9. The number of nitrogens with zero attached hydrogens (tertiary/aromatic N) is 2. The van der Waals surface area contributed by atoms with Gasteiger partial charge >= 0.3 is 0 Å². The number of aryl methyl sites for hydroxylation is 1. The smallest absolute Gasteiger partial charge is 0.296 e. The van der Waals surface area contributed by atoms with Crippen molar-refractivity contribution in [3.05, 3.63) is 95.2 Å². The summed E-state index contributed by atoms with van der Waals surface area (Å²) in [5, 5.41) is 10.9. The van der Waals surface area contributed by atoms with Crippen molar-refractivity contribution in [1.29, 1.82) is 0 Å². The second-order valence-electron chi connectivity index (χ2n) is 6.81. The number of aliphatic hydroxyl groups is 1. The SMILES string of the molecule is CCc1ccc(/C(O)=C2/C(=O)C(=O)N(Cc3ccccn3)C2c2ccco2)cc1. The molecular weight excluding hydrogens is 368 g/mol.